The SMILES string of the molecule is CCCCCCCCOc1ccc(-c2noc([C@@H]3[C@H](O)CCN3/C(N)=N/O)n2)cc1C(F)(F)F. The number of unbranched alkanes of at least 4 members (excludes halogenated alkanes) is 5. The Balaban J connectivity index is 1.75. The first-order valence-corrected chi connectivity index (χ1v) is 11.4. The van der Waals surface area contributed by atoms with Crippen LogP contribution in [-0.4, -0.2) is 50.6 Å². The zero-order valence-corrected chi connectivity index (χ0v) is 19.0. The normalized spacial score (nSPS) is 19.1. The third kappa shape index (κ3) is 6.10. The van der Waals surface area contributed by atoms with Crippen LogP contribution < -0.4 is 10.5 Å². The predicted molar refractivity (Wildman–Crippen MR) is 117 cm³/mol. The summed E-state index contributed by atoms with van der Waals surface area (Å²) in [6, 6.07) is 2.71. The van der Waals surface area contributed by atoms with Crippen molar-refractivity contribution in [2.24, 2.45) is 10.9 Å². The number of halogens is 3. The lowest BCUT2D eigenvalue weighted by molar-refractivity contribution is -0.138. The Kier molecular flexibility index (Phi) is 8.59. The van der Waals surface area contributed by atoms with E-state index in [1.54, 1.807) is 0 Å². The van der Waals surface area contributed by atoms with E-state index in [-0.39, 0.29) is 42.1 Å². The molecule has 0 bridgehead atoms. The summed E-state index contributed by atoms with van der Waals surface area (Å²) >= 11 is 0. The van der Waals surface area contributed by atoms with E-state index in [9.17, 15) is 18.3 Å². The monoisotopic (exact) mass is 485 g/mol. The highest BCUT2D eigenvalue weighted by Crippen LogP contribution is 2.39. The van der Waals surface area contributed by atoms with Crippen LogP contribution in [0.2, 0.25) is 0 Å². The van der Waals surface area contributed by atoms with Crippen molar-refractivity contribution in [2.45, 2.75) is 70.2 Å². The zero-order chi connectivity index (χ0) is 24.7. The van der Waals surface area contributed by atoms with Gasteiger partial charge in [-0.15, -0.1) is 0 Å². The quantitative estimate of drug-likeness (QED) is 0.149. The van der Waals surface area contributed by atoms with Crippen LogP contribution in [0.1, 0.15) is 69.4 Å². The molecule has 0 spiro atoms. The van der Waals surface area contributed by atoms with Crippen molar-refractivity contribution in [1.82, 2.24) is 15.0 Å². The molecule has 2 heterocycles. The first-order valence-electron chi connectivity index (χ1n) is 11.4. The summed E-state index contributed by atoms with van der Waals surface area (Å²) < 4.78 is 51.8. The lowest BCUT2D eigenvalue weighted by Gasteiger charge is -2.22. The Morgan fingerprint density at radius 1 is 1.26 bits per heavy atom. The van der Waals surface area contributed by atoms with Crippen LogP contribution in [-0.2, 0) is 6.18 Å². The maximum absolute atomic E-state index is 13.7. The first-order chi connectivity index (χ1) is 16.3. The summed E-state index contributed by atoms with van der Waals surface area (Å²) in [6.45, 7) is 2.60. The summed E-state index contributed by atoms with van der Waals surface area (Å²) in [5, 5.41) is 25.9. The Morgan fingerprint density at radius 3 is 2.71 bits per heavy atom. The highest BCUT2D eigenvalue weighted by molar-refractivity contribution is 5.78. The van der Waals surface area contributed by atoms with Gasteiger partial charge in [0, 0.05) is 12.1 Å². The lowest BCUT2D eigenvalue weighted by Crippen LogP contribution is -2.38. The number of ether oxygens (including phenoxy) is 1. The number of aliphatic hydroxyl groups excluding tert-OH is 1. The van der Waals surface area contributed by atoms with Crippen LogP contribution in [0.15, 0.2) is 27.9 Å². The van der Waals surface area contributed by atoms with Crippen LogP contribution in [0, 0.1) is 0 Å². The molecule has 1 fully saturated rings. The van der Waals surface area contributed by atoms with E-state index in [4.69, 9.17) is 20.2 Å². The van der Waals surface area contributed by atoms with Crippen molar-refractivity contribution in [1.29, 1.82) is 0 Å². The van der Waals surface area contributed by atoms with E-state index in [0.717, 1.165) is 38.2 Å². The van der Waals surface area contributed by atoms with E-state index >= 15 is 0 Å². The Labute approximate surface area is 195 Å². The van der Waals surface area contributed by atoms with Gasteiger partial charge in [0.2, 0.25) is 11.8 Å². The van der Waals surface area contributed by atoms with Gasteiger partial charge in [-0.3, -0.25) is 0 Å². The topological polar surface area (TPSA) is 130 Å². The minimum Gasteiger partial charge on any atom is -0.493 e. The van der Waals surface area contributed by atoms with E-state index in [1.807, 2.05) is 0 Å². The van der Waals surface area contributed by atoms with Crippen molar-refractivity contribution in [3.63, 3.8) is 0 Å². The number of nitrogens with zero attached hydrogens (tertiary/aromatic N) is 4. The minimum atomic E-state index is -4.64. The number of hydrogen-bond donors (Lipinski definition) is 3. The molecule has 4 N–H and O–H groups in total. The largest absolute Gasteiger partial charge is 0.493 e. The molecule has 1 aromatic carbocycles. The van der Waals surface area contributed by atoms with Gasteiger partial charge in [-0.25, -0.2) is 0 Å². The van der Waals surface area contributed by atoms with Gasteiger partial charge in [-0.05, 0) is 31.0 Å². The Morgan fingerprint density at radius 2 is 2.00 bits per heavy atom. The maximum atomic E-state index is 13.7. The molecule has 1 aromatic heterocycles. The highest BCUT2D eigenvalue weighted by atomic mass is 19.4. The number of likely N-dealkylation sites (tertiary alicyclic amines) is 1. The standard InChI is InChI=1S/C22H30F3N5O4/c1-2-3-4-5-6-7-12-33-17-9-8-14(13-15(17)22(23,24)25)19-27-20(34-29-19)18-16(31)10-11-30(18)21(26)28-32/h8-9,13,16,18,31-32H,2-7,10-12H2,1H3,(H2,26,28)/t16-,18+/m1/s1. The van der Waals surface area contributed by atoms with E-state index in [2.05, 4.69) is 22.2 Å². The summed E-state index contributed by atoms with van der Waals surface area (Å²) in [7, 11) is 0. The molecule has 34 heavy (non-hydrogen) atoms. The van der Waals surface area contributed by atoms with E-state index < -0.39 is 23.9 Å². The van der Waals surface area contributed by atoms with Gasteiger partial charge in [0.25, 0.3) is 5.89 Å². The first kappa shape index (κ1) is 25.6. The third-order valence-electron chi connectivity index (χ3n) is 5.76. The number of aromatic nitrogens is 2. The second kappa shape index (κ2) is 11.4. The fourth-order valence-corrected chi connectivity index (χ4v) is 3.94. The number of hydrogen-bond acceptors (Lipinski definition) is 7. The van der Waals surface area contributed by atoms with Crippen LogP contribution in [0.3, 0.4) is 0 Å². The number of benzene rings is 1. The number of guanidine groups is 1. The molecule has 12 heteroatoms. The molecule has 0 saturated carbocycles. The predicted octanol–water partition coefficient (Wildman–Crippen LogP) is 4.31. The second-order valence-electron chi connectivity index (χ2n) is 8.23. The second-order valence-corrected chi connectivity index (χ2v) is 8.23. The summed E-state index contributed by atoms with van der Waals surface area (Å²) in [6.07, 6.45) is 0.745. The van der Waals surface area contributed by atoms with Gasteiger partial charge in [-0.1, -0.05) is 49.3 Å². The van der Waals surface area contributed by atoms with Crippen molar-refractivity contribution >= 4 is 5.96 Å². The summed E-state index contributed by atoms with van der Waals surface area (Å²) in [5.74, 6) is -0.629. The zero-order valence-electron chi connectivity index (χ0n) is 19.0. The molecule has 0 amide bonds. The molecular formula is C22H30F3N5O4. The fraction of sp³-hybridized carbons (Fsp3) is 0.591. The Hall–Kier alpha value is -3.02. The highest BCUT2D eigenvalue weighted by Gasteiger charge is 2.40. The van der Waals surface area contributed by atoms with Gasteiger partial charge in [0.15, 0.2) is 0 Å². The van der Waals surface area contributed by atoms with Crippen molar-refractivity contribution < 1.29 is 32.7 Å². The molecule has 0 unspecified atom stereocenters. The maximum Gasteiger partial charge on any atom is 0.419 e. The van der Waals surface area contributed by atoms with Crippen molar-refractivity contribution in [3.8, 4) is 17.1 Å². The number of alkyl halides is 3. The van der Waals surface area contributed by atoms with Crippen LogP contribution in [0.5, 0.6) is 5.75 Å². The van der Waals surface area contributed by atoms with E-state index in [1.165, 1.54) is 17.0 Å². The van der Waals surface area contributed by atoms with Gasteiger partial charge in [0.1, 0.15) is 11.8 Å². The number of rotatable bonds is 10. The molecular weight excluding hydrogens is 455 g/mol. The molecule has 1 aliphatic heterocycles. The van der Waals surface area contributed by atoms with Gasteiger partial charge in [0.05, 0.1) is 18.3 Å². The fourth-order valence-electron chi connectivity index (χ4n) is 3.94. The van der Waals surface area contributed by atoms with Crippen LogP contribution in [0.4, 0.5) is 13.2 Å². The van der Waals surface area contributed by atoms with Crippen molar-refractivity contribution in [2.75, 3.05) is 13.2 Å². The van der Waals surface area contributed by atoms with Gasteiger partial charge in [-0.2, -0.15) is 18.2 Å². The summed E-state index contributed by atoms with van der Waals surface area (Å²) in [4.78, 5) is 5.54. The van der Waals surface area contributed by atoms with Crippen LogP contribution >= 0.6 is 0 Å². The van der Waals surface area contributed by atoms with Crippen molar-refractivity contribution in [3.05, 3.63) is 29.7 Å². The minimum absolute atomic E-state index is 0.0523. The molecule has 3 rings (SSSR count). The number of nitrogens with two attached hydrogens (primary N) is 1. The Bertz CT molecular complexity index is 966. The smallest absolute Gasteiger partial charge is 0.419 e. The molecule has 0 aliphatic carbocycles. The third-order valence-corrected chi connectivity index (χ3v) is 5.76. The molecule has 2 atom stereocenters. The molecule has 2 aromatic rings. The molecule has 9 nitrogen and oxygen atoms in total. The molecule has 188 valence electrons. The lowest BCUT2D eigenvalue weighted by atomic mass is 10.1. The number of oxime groups is 1. The van der Waals surface area contributed by atoms with Gasteiger partial charge < -0.3 is 30.2 Å². The summed E-state index contributed by atoms with van der Waals surface area (Å²) in [5.41, 5.74) is 4.79. The van der Waals surface area contributed by atoms with E-state index in [0.29, 0.717) is 12.8 Å². The molecule has 1 saturated heterocycles. The average Bonchev–Trinajstić information content (AvgIpc) is 3.44. The van der Waals surface area contributed by atoms with Gasteiger partial charge >= 0.3 is 6.18 Å². The number of aliphatic hydroxyl groups is 1. The molecule has 0 radical (unpaired) electrons. The average molecular weight is 486 g/mol. The molecule has 1 aliphatic rings. The van der Waals surface area contributed by atoms with Crippen LogP contribution in [0.25, 0.3) is 11.4 Å².